The molecule has 0 fully saturated rings. The fourth-order valence-corrected chi connectivity index (χ4v) is 2.59. The summed E-state index contributed by atoms with van der Waals surface area (Å²) in [4.78, 5) is 0. The smallest absolute Gasteiger partial charge is 0.115 e. The monoisotopic (exact) mass is 362 g/mol. The number of aliphatic hydroxyl groups excluding tert-OH is 4. The highest BCUT2D eigenvalue weighted by Crippen LogP contribution is 2.18. The van der Waals surface area contributed by atoms with E-state index in [1.807, 2.05) is 60.7 Å². The van der Waals surface area contributed by atoms with Crippen molar-refractivity contribution in [1.82, 2.24) is 0 Å². The van der Waals surface area contributed by atoms with E-state index in [1.54, 1.807) is 0 Å². The molecule has 0 saturated heterocycles. The molecule has 2 aromatic rings. The standard InChI is InChI=1S/C20H26O6/c21-11-17(23)19(25-13-15-7-3-1-4-8-15)20(18(24)12-22)26-14-16-9-5-2-6-10-16/h1-10,17-24H,11-14H2/t17-,18-,19-,20-/m1/s1. The summed E-state index contributed by atoms with van der Waals surface area (Å²) in [5, 5.41) is 39.0. The van der Waals surface area contributed by atoms with Crippen LogP contribution in [0.2, 0.25) is 0 Å². The van der Waals surface area contributed by atoms with Crippen molar-refractivity contribution >= 4 is 0 Å². The minimum absolute atomic E-state index is 0.173. The van der Waals surface area contributed by atoms with Gasteiger partial charge in [0.1, 0.15) is 24.4 Å². The summed E-state index contributed by atoms with van der Waals surface area (Å²) in [5.41, 5.74) is 1.76. The van der Waals surface area contributed by atoms with Crippen LogP contribution >= 0.6 is 0 Å². The van der Waals surface area contributed by atoms with Crippen LogP contribution in [0.3, 0.4) is 0 Å². The van der Waals surface area contributed by atoms with Crippen LogP contribution in [0.25, 0.3) is 0 Å². The number of benzene rings is 2. The third kappa shape index (κ3) is 6.17. The van der Waals surface area contributed by atoms with Gasteiger partial charge in [0, 0.05) is 0 Å². The van der Waals surface area contributed by atoms with E-state index < -0.39 is 37.6 Å². The van der Waals surface area contributed by atoms with Gasteiger partial charge in [-0.3, -0.25) is 0 Å². The molecule has 2 rings (SSSR count). The molecule has 0 aliphatic heterocycles. The second kappa shape index (κ2) is 11.0. The normalized spacial score (nSPS) is 16.0. The summed E-state index contributed by atoms with van der Waals surface area (Å²) in [6.45, 7) is -0.760. The predicted octanol–water partition coefficient (Wildman–Crippen LogP) is 0.864. The zero-order valence-electron chi connectivity index (χ0n) is 14.5. The molecule has 6 nitrogen and oxygen atoms in total. The van der Waals surface area contributed by atoms with Gasteiger partial charge in [-0.1, -0.05) is 60.7 Å². The Bertz CT molecular complexity index is 551. The summed E-state index contributed by atoms with van der Waals surface area (Å²) in [7, 11) is 0. The highest BCUT2D eigenvalue weighted by atomic mass is 16.6. The van der Waals surface area contributed by atoms with Crippen molar-refractivity contribution in [2.75, 3.05) is 13.2 Å². The van der Waals surface area contributed by atoms with Crippen molar-refractivity contribution in [1.29, 1.82) is 0 Å². The molecule has 0 unspecified atom stereocenters. The van der Waals surface area contributed by atoms with E-state index in [0.29, 0.717) is 0 Å². The molecule has 0 heterocycles. The van der Waals surface area contributed by atoms with Gasteiger partial charge in [-0.2, -0.15) is 0 Å². The molecule has 4 atom stereocenters. The maximum Gasteiger partial charge on any atom is 0.115 e. The first kappa shape index (κ1) is 20.5. The Morgan fingerprint density at radius 1 is 0.615 bits per heavy atom. The van der Waals surface area contributed by atoms with Crippen LogP contribution in [-0.4, -0.2) is 58.1 Å². The third-order valence-electron chi connectivity index (χ3n) is 4.03. The molecule has 0 radical (unpaired) electrons. The molecule has 0 aromatic heterocycles. The van der Waals surface area contributed by atoms with Crippen molar-refractivity contribution in [3.05, 3.63) is 71.8 Å². The fourth-order valence-electron chi connectivity index (χ4n) is 2.59. The fraction of sp³-hybridized carbons (Fsp3) is 0.400. The second-order valence-electron chi connectivity index (χ2n) is 6.02. The number of hydrogen-bond acceptors (Lipinski definition) is 6. The molecule has 26 heavy (non-hydrogen) atoms. The van der Waals surface area contributed by atoms with E-state index in [1.165, 1.54) is 0 Å². The molecule has 0 saturated carbocycles. The quantitative estimate of drug-likeness (QED) is 0.473. The lowest BCUT2D eigenvalue weighted by Gasteiger charge is -2.32. The Labute approximate surface area is 153 Å². The van der Waals surface area contributed by atoms with Crippen LogP contribution in [0.4, 0.5) is 0 Å². The molecule has 0 aliphatic carbocycles. The first-order chi connectivity index (χ1) is 12.7. The van der Waals surface area contributed by atoms with E-state index in [2.05, 4.69) is 0 Å². The average molecular weight is 362 g/mol. The van der Waals surface area contributed by atoms with Crippen LogP contribution < -0.4 is 0 Å². The summed E-state index contributed by atoms with van der Waals surface area (Å²) >= 11 is 0. The van der Waals surface area contributed by atoms with Gasteiger partial charge in [-0.15, -0.1) is 0 Å². The molecular weight excluding hydrogens is 336 g/mol. The SMILES string of the molecule is OC[C@@H](O)[C@@H](OCc1ccccc1)[C@H](OCc1ccccc1)[C@H](O)CO. The van der Waals surface area contributed by atoms with Gasteiger partial charge in [0.2, 0.25) is 0 Å². The number of hydrogen-bond donors (Lipinski definition) is 4. The van der Waals surface area contributed by atoms with Gasteiger partial charge in [-0.25, -0.2) is 0 Å². The molecule has 0 amide bonds. The Kier molecular flexibility index (Phi) is 8.70. The molecule has 0 spiro atoms. The van der Waals surface area contributed by atoms with E-state index >= 15 is 0 Å². The van der Waals surface area contributed by atoms with Gasteiger partial charge in [0.15, 0.2) is 0 Å². The predicted molar refractivity (Wildman–Crippen MR) is 96.2 cm³/mol. The first-order valence-electron chi connectivity index (χ1n) is 8.54. The Hall–Kier alpha value is -1.80. The van der Waals surface area contributed by atoms with Crippen LogP contribution in [0.5, 0.6) is 0 Å². The number of rotatable bonds is 11. The van der Waals surface area contributed by atoms with Crippen molar-refractivity contribution < 1.29 is 29.9 Å². The summed E-state index contributed by atoms with van der Waals surface area (Å²) < 4.78 is 11.5. The molecule has 142 valence electrons. The molecule has 4 N–H and O–H groups in total. The number of ether oxygens (including phenoxy) is 2. The number of aliphatic hydroxyl groups is 4. The zero-order valence-corrected chi connectivity index (χ0v) is 14.5. The van der Waals surface area contributed by atoms with Crippen molar-refractivity contribution in [3.8, 4) is 0 Å². The lowest BCUT2D eigenvalue weighted by atomic mass is 10.0. The van der Waals surface area contributed by atoms with Gasteiger partial charge in [0.05, 0.1) is 26.4 Å². The summed E-state index contributed by atoms with van der Waals surface area (Å²) in [6, 6.07) is 18.7. The van der Waals surface area contributed by atoms with Crippen LogP contribution in [0.1, 0.15) is 11.1 Å². The lowest BCUT2D eigenvalue weighted by molar-refractivity contribution is -0.177. The molecular formula is C20H26O6. The van der Waals surface area contributed by atoms with Gasteiger partial charge in [0.25, 0.3) is 0 Å². The van der Waals surface area contributed by atoms with E-state index in [0.717, 1.165) is 11.1 Å². The lowest BCUT2D eigenvalue weighted by Crippen LogP contribution is -2.50. The Balaban J connectivity index is 2.09. The summed E-state index contributed by atoms with van der Waals surface area (Å²) in [5.74, 6) is 0. The largest absolute Gasteiger partial charge is 0.394 e. The van der Waals surface area contributed by atoms with Crippen molar-refractivity contribution in [2.45, 2.75) is 37.6 Å². The van der Waals surface area contributed by atoms with E-state index in [-0.39, 0.29) is 13.2 Å². The highest BCUT2D eigenvalue weighted by Gasteiger charge is 2.35. The maximum atomic E-state index is 10.2. The Morgan fingerprint density at radius 3 is 1.27 bits per heavy atom. The van der Waals surface area contributed by atoms with E-state index in [9.17, 15) is 20.4 Å². The molecule has 2 aromatic carbocycles. The van der Waals surface area contributed by atoms with Crippen molar-refractivity contribution in [2.24, 2.45) is 0 Å². The molecule has 6 heteroatoms. The minimum atomic E-state index is -1.26. The molecule has 0 aliphatic rings. The van der Waals surface area contributed by atoms with Crippen LogP contribution in [0.15, 0.2) is 60.7 Å². The molecule has 0 bridgehead atoms. The van der Waals surface area contributed by atoms with Crippen LogP contribution in [0, 0.1) is 0 Å². The highest BCUT2D eigenvalue weighted by molar-refractivity contribution is 5.14. The average Bonchev–Trinajstić information content (AvgIpc) is 2.70. The topological polar surface area (TPSA) is 99.4 Å². The van der Waals surface area contributed by atoms with E-state index in [4.69, 9.17) is 9.47 Å². The third-order valence-corrected chi connectivity index (χ3v) is 4.03. The first-order valence-corrected chi connectivity index (χ1v) is 8.54. The zero-order chi connectivity index (χ0) is 18.8. The van der Waals surface area contributed by atoms with Crippen molar-refractivity contribution in [3.63, 3.8) is 0 Å². The van der Waals surface area contributed by atoms with Gasteiger partial charge >= 0.3 is 0 Å². The van der Waals surface area contributed by atoms with Gasteiger partial charge in [-0.05, 0) is 11.1 Å². The van der Waals surface area contributed by atoms with Crippen LogP contribution in [-0.2, 0) is 22.7 Å². The summed E-state index contributed by atoms with van der Waals surface area (Å²) in [6.07, 6.45) is -4.54. The maximum absolute atomic E-state index is 10.2. The minimum Gasteiger partial charge on any atom is -0.394 e. The van der Waals surface area contributed by atoms with Gasteiger partial charge < -0.3 is 29.9 Å². The second-order valence-corrected chi connectivity index (χ2v) is 6.02. The Morgan fingerprint density at radius 2 is 0.962 bits per heavy atom.